The Hall–Kier alpha value is 1.41. The van der Waals surface area contributed by atoms with E-state index in [4.69, 9.17) is 25.5 Å². The van der Waals surface area contributed by atoms with Gasteiger partial charge in [0.25, 0.3) is 0 Å². The van der Waals surface area contributed by atoms with E-state index < -0.39 is 18.2 Å². The van der Waals surface area contributed by atoms with E-state index in [0.29, 0.717) is 5.92 Å². The van der Waals surface area contributed by atoms with Gasteiger partial charge < -0.3 is 0 Å². The van der Waals surface area contributed by atoms with Crippen LogP contribution in [-0.4, -0.2) is 5.75 Å². The molecular formula is C11H8BrCl3SZr-. The Labute approximate surface area is 133 Å². The zero-order valence-corrected chi connectivity index (χ0v) is 15.7. The third kappa shape index (κ3) is 3.94. The average Bonchev–Trinajstić information content (AvgIpc) is 2.75. The van der Waals surface area contributed by atoms with E-state index in [0.717, 1.165) is 0 Å². The van der Waals surface area contributed by atoms with Gasteiger partial charge in [-0.2, -0.15) is 17.4 Å². The Morgan fingerprint density at radius 1 is 1.35 bits per heavy atom. The van der Waals surface area contributed by atoms with Crippen molar-refractivity contribution in [3.63, 3.8) is 0 Å². The second-order valence-corrected chi connectivity index (χ2v) is 16.6. The van der Waals surface area contributed by atoms with Crippen LogP contribution in [0, 0.1) is 5.75 Å². The van der Waals surface area contributed by atoms with Crippen LogP contribution in [0.3, 0.4) is 0 Å². The normalized spacial score (nSPS) is 19.5. The SMILES string of the molecule is Brc1ccc2c(c1)C=C1[CH-]SCC12.[Cl][Zr]([Cl])[Cl]. The van der Waals surface area contributed by atoms with Crippen molar-refractivity contribution in [3.8, 4) is 0 Å². The molecule has 2 aliphatic rings. The van der Waals surface area contributed by atoms with Gasteiger partial charge in [0.1, 0.15) is 0 Å². The summed E-state index contributed by atoms with van der Waals surface area (Å²) in [5.74, 6) is 4.19. The Kier molecular flexibility index (Phi) is 5.86. The summed E-state index contributed by atoms with van der Waals surface area (Å²) in [6.07, 6.45) is 2.31. The van der Waals surface area contributed by atoms with Crippen molar-refractivity contribution < 1.29 is 18.2 Å². The van der Waals surface area contributed by atoms with Crippen molar-refractivity contribution in [2.45, 2.75) is 5.92 Å². The molecule has 1 aromatic rings. The third-order valence-corrected chi connectivity index (χ3v) is 4.09. The van der Waals surface area contributed by atoms with Gasteiger partial charge in [0.15, 0.2) is 0 Å². The zero-order valence-electron chi connectivity index (χ0n) is 8.59. The van der Waals surface area contributed by atoms with Crippen molar-refractivity contribution in [3.05, 3.63) is 45.1 Å². The molecule has 0 amide bonds. The number of rotatable bonds is 0. The Morgan fingerprint density at radius 3 is 2.76 bits per heavy atom. The van der Waals surface area contributed by atoms with Gasteiger partial charge in [0.2, 0.25) is 0 Å². The molecule has 0 nitrogen and oxygen atoms in total. The number of halogens is 4. The third-order valence-electron chi connectivity index (χ3n) is 2.63. The topological polar surface area (TPSA) is 0 Å². The molecular weight excluding hydrogens is 442 g/mol. The molecule has 1 aliphatic heterocycles. The molecule has 1 heterocycles. The molecule has 1 saturated heterocycles. The number of benzene rings is 1. The molecule has 1 aliphatic carbocycles. The van der Waals surface area contributed by atoms with Crippen molar-refractivity contribution in [1.82, 2.24) is 0 Å². The summed E-state index contributed by atoms with van der Waals surface area (Å²) < 4.78 is 1.18. The molecule has 0 radical (unpaired) electrons. The van der Waals surface area contributed by atoms with Gasteiger partial charge in [0.05, 0.1) is 0 Å². The van der Waals surface area contributed by atoms with Crippen molar-refractivity contribution in [2.75, 3.05) is 5.75 Å². The van der Waals surface area contributed by atoms with E-state index in [-0.39, 0.29) is 0 Å². The van der Waals surface area contributed by atoms with E-state index in [1.807, 2.05) is 11.8 Å². The molecule has 1 atom stereocenters. The molecule has 91 valence electrons. The van der Waals surface area contributed by atoms with E-state index in [2.05, 4.69) is 46.0 Å². The summed E-state index contributed by atoms with van der Waals surface area (Å²) in [5.41, 5.74) is 4.39. The summed E-state index contributed by atoms with van der Waals surface area (Å²) >= 11 is 3.30. The van der Waals surface area contributed by atoms with E-state index in [1.165, 1.54) is 26.9 Å². The van der Waals surface area contributed by atoms with Crippen molar-refractivity contribution in [2.24, 2.45) is 0 Å². The van der Waals surface area contributed by atoms with Gasteiger partial charge in [-0.25, -0.2) is 11.8 Å². The zero-order chi connectivity index (χ0) is 12.4. The van der Waals surface area contributed by atoms with Crippen LogP contribution < -0.4 is 0 Å². The van der Waals surface area contributed by atoms with Crippen LogP contribution in [-0.2, 0) is 18.2 Å². The van der Waals surface area contributed by atoms with Crippen LogP contribution in [0.25, 0.3) is 6.08 Å². The summed E-state index contributed by atoms with van der Waals surface area (Å²) in [6, 6.07) is 6.59. The number of hydrogen-bond acceptors (Lipinski definition) is 1. The Morgan fingerprint density at radius 2 is 2.06 bits per heavy atom. The summed E-state index contributed by atoms with van der Waals surface area (Å²) in [4.78, 5) is 0. The molecule has 0 bridgehead atoms. The van der Waals surface area contributed by atoms with Crippen LogP contribution in [0.2, 0.25) is 0 Å². The number of thioether (sulfide) groups is 1. The number of hydrogen-bond donors (Lipinski definition) is 0. The van der Waals surface area contributed by atoms with Crippen molar-refractivity contribution in [1.29, 1.82) is 0 Å². The quantitative estimate of drug-likeness (QED) is 0.444. The fraction of sp³-hybridized carbons (Fsp3) is 0.182. The Bertz CT molecular complexity index is 448. The molecule has 3 rings (SSSR count). The summed E-state index contributed by atoms with van der Waals surface area (Å²) in [5, 5.41) is 0. The molecule has 1 unspecified atom stereocenters. The van der Waals surface area contributed by atoms with E-state index >= 15 is 0 Å². The first-order valence-corrected chi connectivity index (χ1v) is 16.2. The summed E-state index contributed by atoms with van der Waals surface area (Å²) in [7, 11) is 15.0. The van der Waals surface area contributed by atoms with Gasteiger partial charge in [-0.1, -0.05) is 33.6 Å². The standard InChI is InChI=1S/C11H8BrS.3ClH.Zr/c12-9-1-2-10-7(4-9)3-8-5-13-6-11(8)10;;;;/h1-5,11H,6H2;3*1H;/q-1;;;;+3/p-3. The fourth-order valence-electron chi connectivity index (χ4n) is 1.99. The maximum absolute atomic E-state index is 5.00. The minimum absolute atomic E-state index is 0.674. The van der Waals surface area contributed by atoms with E-state index in [9.17, 15) is 0 Å². The van der Waals surface area contributed by atoms with Gasteiger partial charge >= 0.3 is 43.7 Å². The molecule has 0 saturated carbocycles. The first-order valence-electron chi connectivity index (χ1n) is 4.87. The maximum atomic E-state index is 5.00. The molecule has 6 heteroatoms. The second kappa shape index (κ2) is 6.72. The summed E-state index contributed by atoms with van der Waals surface area (Å²) in [6.45, 7) is 0. The first kappa shape index (κ1) is 14.8. The van der Waals surface area contributed by atoms with E-state index in [1.54, 1.807) is 0 Å². The first-order chi connectivity index (χ1) is 8.08. The monoisotopic (exact) mass is 446 g/mol. The van der Waals surface area contributed by atoms with Crippen LogP contribution in [0.5, 0.6) is 0 Å². The molecule has 0 spiro atoms. The minimum atomic E-state index is -2.13. The predicted molar refractivity (Wildman–Crippen MR) is 79.2 cm³/mol. The molecule has 0 aromatic heterocycles. The predicted octanol–water partition coefficient (Wildman–Crippen LogP) is 5.90. The molecule has 17 heavy (non-hydrogen) atoms. The number of fused-ring (bicyclic) bond motifs is 3. The van der Waals surface area contributed by atoms with Crippen molar-refractivity contribution >= 4 is 59.3 Å². The van der Waals surface area contributed by atoms with Crippen LogP contribution in [0.15, 0.2) is 28.2 Å². The molecule has 0 N–H and O–H groups in total. The van der Waals surface area contributed by atoms with Gasteiger partial charge in [-0.05, 0) is 17.7 Å². The fourth-order valence-corrected chi connectivity index (χ4v) is 3.45. The van der Waals surface area contributed by atoms with Gasteiger partial charge in [-0.15, -0.1) is 5.56 Å². The van der Waals surface area contributed by atoms with Crippen LogP contribution >= 0.6 is 53.2 Å². The van der Waals surface area contributed by atoms with Crippen LogP contribution in [0.4, 0.5) is 0 Å². The Balaban J connectivity index is 0.000000239. The van der Waals surface area contributed by atoms with Gasteiger partial charge in [-0.3, -0.25) is 0 Å². The molecule has 1 aromatic carbocycles. The van der Waals surface area contributed by atoms with Crippen LogP contribution in [0.1, 0.15) is 17.0 Å². The second-order valence-electron chi connectivity index (χ2n) is 3.64. The average molecular weight is 450 g/mol. The molecule has 1 fully saturated rings. The van der Waals surface area contributed by atoms with Gasteiger partial charge in [0, 0.05) is 4.47 Å².